The van der Waals surface area contributed by atoms with Crippen molar-refractivity contribution in [3.8, 4) is 40.3 Å². The predicted octanol–water partition coefficient (Wildman–Crippen LogP) is 2.52. The average molecular weight is 449 g/mol. The van der Waals surface area contributed by atoms with Crippen LogP contribution in [0.2, 0.25) is 0 Å². The minimum absolute atomic E-state index is 0.171. The SMILES string of the molecule is CNCC(O)COc1cccc(-c2nc(-c3ccnc(OC)c3)cc(N(C)CCC#N)n2)c1. The smallest absolute Gasteiger partial charge is 0.213 e. The van der Waals surface area contributed by atoms with E-state index in [1.54, 1.807) is 20.4 Å². The normalized spacial score (nSPS) is 11.5. The monoisotopic (exact) mass is 448 g/mol. The van der Waals surface area contributed by atoms with Gasteiger partial charge in [-0.3, -0.25) is 0 Å². The number of likely N-dealkylation sites (N-methyl/N-ethyl adjacent to an activating group) is 1. The van der Waals surface area contributed by atoms with E-state index in [1.165, 1.54) is 0 Å². The van der Waals surface area contributed by atoms with Gasteiger partial charge < -0.3 is 24.8 Å². The van der Waals surface area contributed by atoms with Crippen LogP contribution >= 0.6 is 0 Å². The lowest BCUT2D eigenvalue weighted by Gasteiger charge is -2.19. The Morgan fingerprint density at radius 2 is 2.03 bits per heavy atom. The van der Waals surface area contributed by atoms with Crippen molar-refractivity contribution < 1.29 is 14.6 Å². The first-order valence-electron chi connectivity index (χ1n) is 10.6. The third-order valence-electron chi connectivity index (χ3n) is 4.88. The zero-order valence-corrected chi connectivity index (χ0v) is 19.0. The second-order valence-electron chi connectivity index (χ2n) is 7.40. The van der Waals surface area contributed by atoms with E-state index in [0.29, 0.717) is 48.5 Å². The fraction of sp³-hybridized carbons (Fsp3) is 0.333. The van der Waals surface area contributed by atoms with E-state index in [2.05, 4.69) is 16.4 Å². The van der Waals surface area contributed by atoms with E-state index in [1.807, 2.05) is 54.4 Å². The molecule has 0 aliphatic carbocycles. The van der Waals surface area contributed by atoms with Gasteiger partial charge in [-0.1, -0.05) is 12.1 Å². The molecule has 0 amide bonds. The van der Waals surface area contributed by atoms with Gasteiger partial charge in [-0.25, -0.2) is 15.0 Å². The molecule has 2 heterocycles. The van der Waals surface area contributed by atoms with Crippen LogP contribution in [0.3, 0.4) is 0 Å². The summed E-state index contributed by atoms with van der Waals surface area (Å²) in [4.78, 5) is 15.6. The van der Waals surface area contributed by atoms with Crippen LogP contribution in [-0.4, -0.2) is 67.1 Å². The number of hydrogen-bond acceptors (Lipinski definition) is 9. The van der Waals surface area contributed by atoms with Gasteiger partial charge in [0, 0.05) is 49.6 Å². The van der Waals surface area contributed by atoms with Crippen molar-refractivity contribution in [2.75, 3.05) is 45.8 Å². The second kappa shape index (κ2) is 11.8. The maximum atomic E-state index is 9.91. The summed E-state index contributed by atoms with van der Waals surface area (Å²) in [5.41, 5.74) is 2.31. The number of pyridine rings is 1. The molecule has 9 heteroatoms. The van der Waals surface area contributed by atoms with Gasteiger partial charge in [-0.05, 0) is 25.2 Å². The lowest BCUT2D eigenvalue weighted by Crippen LogP contribution is -2.29. The zero-order chi connectivity index (χ0) is 23.6. The van der Waals surface area contributed by atoms with Gasteiger partial charge in [0.15, 0.2) is 5.82 Å². The highest BCUT2D eigenvalue weighted by Crippen LogP contribution is 2.28. The molecule has 33 heavy (non-hydrogen) atoms. The molecule has 172 valence electrons. The minimum Gasteiger partial charge on any atom is -0.491 e. The van der Waals surface area contributed by atoms with Crippen molar-refractivity contribution in [3.05, 3.63) is 48.7 Å². The molecule has 3 aromatic rings. The van der Waals surface area contributed by atoms with Crippen molar-refractivity contribution in [1.82, 2.24) is 20.3 Å². The molecule has 0 spiro atoms. The molecule has 2 N–H and O–H groups in total. The van der Waals surface area contributed by atoms with E-state index in [9.17, 15) is 5.11 Å². The highest BCUT2D eigenvalue weighted by Gasteiger charge is 2.13. The Morgan fingerprint density at radius 3 is 2.79 bits per heavy atom. The van der Waals surface area contributed by atoms with Crippen LogP contribution in [-0.2, 0) is 0 Å². The maximum Gasteiger partial charge on any atom is 0.213 e. The van der Waals surface area contributed by atoms with Crippen molar-refractivity contribution >= 4 is 5.82 Å². The third kappa shape index (κ3) is 6.62. The van der Waals surface area contributed by atoms with Crippen LogP contribution in [0.15, 0.2) is 48.7 Å². The van der Waals surface area contributed by atoms with E-state index in [4.69, 9.17) is 24.7 Å². The van der Waals surface area contributed by atoms with Crippen LogP contribution in [0.5, 0.6) is 11.6 Å². The summed E-state index contributed by atoms with van der Waals surface area (Å²) >= 11 is 0. The Bertz CT molecular complexity index is 1100. The van der Waals surface area contributed by atoms with Gasteiger partial charge in [0.05, 0.1) is 25.3 Å². The maximum absolute atomic E-state index is 9.91. The Morgan fingerprint density at radius 1 is 1.18 bits per heavy atom. The molecule has 1 atom stereocenters. The van der Waals surface area contributed by atoms with Crippen LogP contribution in [0.1, 0.15) is 6.42 Å². The highest BCUT2D eigenvalue weighted by atomic mass is 16.5. The lowest BCUT2D eigenvalue weighted by atomic mass is 10.1. The van der Waals surface area contributed by atoms with Gasteiger partial charge in [-0.15, -0.1) is 0 Å². The van der Waals surface area contributed by atoms with Crippen LogP contribution in [0.25, 0.3) is 22.6 Å². The molecule has 0 aliphatic rings. The Balaban J connectivity index is 1.98. The molecule has 2 aromatic heterocycles. The summed E-state index contributed by atoms with van der Waals surface area (Å²) in [7, 11) is 5.23. The quantitative estimate of drug-likeness (QED) is 0.456. The number of nitrogens with zero attached hydrogens (tertiary/aromatic N) is 5. The molecule has 0 saturated carbocycles. The summed E-state index contributed by atoms with van der Waals surface area (Å²) < 4.78 is 11.0. The minimum atomic E-state index is -0.611. The van der Waals surface area contributed by atoms with Gasteiger partial charge in [0.1, 0.15) is 24.3 Å². The number of ether oxygens (including phenoxy) is 2. The molecular formula is C24H28N6O3. The molecule has 0 radical (unpaired) electrons. The lowest BCUT2D eigenvalue weighted by molar-refractivity contribution is 0.108. The number of methoxy groups -OCH3 is 1. The Kier molecular flexibility index (Phi) is 8.52. The molecule has 1 aromatic carbocycles. The number of benzene rings is 1. The van der Waals surface area contributed by atoms with Crippen LogP contribution < -0.4 is 19.7 Å². The number of anilines is 1. The third-order valence-corrected chi connectivity index (χ3v) is 4.88. The number of nitriles is 1. The van der Waals surface area contributed by atoms with Crippen molar-refractivity contribution in [1.29, 1.82) is 5.26 Å². The van der Waals surface area contributed by atoms with E-state index in [0.717, 1.165) is 11.1 Å². The number of aliphatic hydroxyl groups excluding tert-OH is 1. The molecule has 1 unspecified atom stereocenters. The van der Waals surface area contributed by atoms with E-state index < -0.39 is 6.10 Å². The molecule has 0 saturated heterocycles. The Labute approximate surface area is 193 Å². The van der Waals surface area contributed by atoms with E-state index in [-0.39, 0.29) is 6.61 Å². The van der Waals surface area contributed by atoms with Crippen LogP contribution in [0, 0.1) is 11.3 Å². The largest absolute Gasteiger partial charge is 0.491 e. The molecule has 0 fully saturated rings. The average Bonchev–Trinajstić information content (AvgIpc) is 2.86. The molecule has 9 nitrogen and oxygen atoms in total. The molecular weight excluding hydrogens is 420 g/mol. The number of hydrogen-bond donors (Lipinski definition) is 2. The molecule has 0 aliphatic heterocycles. The topological polar surface area (TPSA) is 116 Å². The molecule has 0 bridgehead atoms. The first kappa shape index (κ1) is 23.9. The standard InChI is InChI=1S/C24H28N6O3/c1-26-15-19(31)16-33-20-7-4-6-18(12-20)24-28-21(17-8-10-27-23(13-17)32-3)14-22(29-24)30(2)11-5-9-25/h4,6-8,10,12-14,19,26,31H,5,11,15-16H2,1-3H3. The number of rotatable bonds is 11. The summed E-state index contributed by atoms with van der Waals surface area (Å²) in [5.74, 6) is 2.31. The van der Waals surface area contributed by atoms with Crippen molar-refractivity contribution in [3.63, 3.8) is 0 Å². The number of nitrogens with one attached hydrogen (secondary N) is 1. The van der Waals surface area contributed by atoms with Gasteiger partial charge >= 0.3 is 0 Å². The van der Waals surface area contributed by atoms with Gasteiger partial charge in [0.25, 0.3) is 0 Å². The number of aliphatic hydroxyl groups is 1. The zero-order valence-electron chi connectivity index (χ0n) is 19.0. The van der Waals surface area contributed by atoms with Crippen molar-refractivity contribution in [2.24, 2.45) is 0 Å². The van der Waals surface area contributed by atoms with Gasteiger partial charge in [0.2, 0.25) is 5.88 Å². The number of aromatic nitrogens is 3. The fourth-order valence-corrected chi connectivity index (χ4v) is 3.13. The van der Waals surface area contributed by atoms with E-state index >= 15 is 0 Å². The molecule has 3 rings (SSSR count). The summed E-state index contributed by atoms with van der Waals surface area (Å²) in [6.07, 6.45) is 1.44. The van der Waals surface area contributed by atoms with Gasteiger partial charge in [-0.2, -0.15) is 5.26 Å². The summed E-state index contributed by atoms with van der Waals surface area (Å²) in [6, 6.07) is 15.2. The fourth-order valence-electron chi connectivity index (χ4n) is 3.13. The first-order valence-corrected chi connectivity index (χ1v) is 10.6. The Hall–Kier alpha value is -3.74. The second-order valence-corrected chi connectivity index (χ2v) is 7.40. The summed E-state index contributed by atoms with van der Waals surface area (Å²) in [5, 5.41) is 21.8. The predicted molar refractivity (Wildman–Crippen MR) is 126 cm³/mol. The van der Waals surface area contributed by atoms with Crippen LogP contribution in [0.4, 0.5) is 5.82 Å². The highest BCUT2D eigenvalue weighted by molar-refractivity contribution is 5.68. The van der Waals surface area contributed by atoms with Crippen molar-refractivity contribution in [2.45, 2.75) is 12.5 Å². The summed E-state index contributed by atoms with van der Waals surface area (Å²) in [6.45, 7) is 1.15. The first-order chi connectivity index (χ1) is 16.0.